The smallest absolute Gasteiger partial charge is 0.303 e. The van der Waals surface area contributed by atoms with Crippen molar-refractivity contribution in [1.29, 1.82) is 0 Å². The van der Waals surface area contributed by atoms with Crippen LogP contribution in [0.25, 0.3) is 0 Å². The van der Waals surface area contributed by atoms with Crippen molar-refractivity contribution in [3.05, 3.63) is 12.2 Å². The van der Waals surface area contributed by atoms with E-state index in [0.717, 1.165) is 0 Å². The van der Waals surface area contributed by atoms with Crippen molar-refractivity contribution in [3.8, 4) is 0 Å². The van der Waals surface area contributed by atoms with E-state index in [0.29, 0.717) is 0 Å². The SMILES string of the molecule is CC(=O)OC[C@H]1O[C@H](OC[C@H]2O[C@@H]3OC(C)(C)O[C@@H]3[C@@H]3OC(C)(C)O[C@H]32)C=C[C@@H]1OC(C)=O. The third kappa shape index (κ3) is 5.73. The summed E-state index contributed by atoms with van der Waals surface area (Å²) in [5.41, 5.74) is 0. The van der Waals surface area contributed by atoms with Crippen LogP contribution in [0.3, 0.4) is 0 Å². The first kappa shape index (κ1) is 24.5. The molecule has 0 saturated carbocycles. The predicted octanol–water partition coefficient (Wildman–Crippen LogP) is 1.18. The highest BCUT2D eigenvalue weighted by Gasteiger charge is 2.60. The van der Waals surface area contributed by atoms with Gasteiger partial charge in [0.15, 0.2) is 24.2 Å². The lowest BCUT2D eigenvalue weighted by Gasteiger charge is -2.38. The molecular formula is C22H32O11. The van der Waals surface area contributed by atoms with Gasteiger partial charge in [0.05, 0.1) is 6.61 Å². The molecule has 0 N–H and O–H groups in total. The monoisotopic (exact) mass is 472 g/mol. The van der Waals surface area contributed by atoms with Gasteiger partial charge in [0.1, 0.15) is 43.2 Å². The van der Waals surface area contributed by atoms with Crippen LogP contribution >= 0.6 is 0 Å². The van der Waals surface area contributed by atoms with Crippen LogP contribution in [0.15, 0.2) is 12.2 Å². The molecule has 4 rings (SSSR count). The number of fused-ring (bicyclic) bond motifs is 3. The predicted molar refractivity (Wildman–Crippen MR) is 108 cm³/mol. The molecule has 0 unspecified atom stereocenters. The molecule has 0 amide bonds. The summed E-state index contributed by atoms with van der Waals surface area (Å²) in [5, 5.41) is 0. The minimum atomic E-state index is -0.810. The summed E-state index contributed by atoms with van der Waals surface area (Å²) in [7, 11) is 0. The van der Waals surface area contributed by atoms with Gasteiger partial charge in [-0.1, -0.05) is 0 Å². The molecule has 3 saturated heterocycles. The average molecular weight is 472 g/mol. The second-order valence-electron chi connectivity index (χ2n) is 9.35. The quantitative estimate of drug-likeness (QED) is 0.410. The second-order valence-corrected chi connectivity index (χ2v) is 9.35. The van der Waals surface area contributed by atoms with E-state index in [1.807, 2.05) is 27.7 Å². The first-order chi connectivity index (χ1) is 15.4. The maximum absolute atomic E-state index is 11.4. The van der Waals surface area contributed by atoms with Crippen molar-refractivity contribution in [3.63, 3.8) is 0 Å². The fraction of sp³-hybridized carbons (Fsp3) is 0.818. The van der Waals surface area contributed by atoms with Crippen LogP contribution in [0.2, 0.25) is 0 Å². The summed E-state index contributed by atoms with van der Waals surface area (Å²) in [6, 6.07) is 0. The van der Waals surface area contributed by atoms with Crippen molar-refractivity contribution in [2.45, 2.75) is 102 Å². The molecule has 8 atom stereocenters. The molecule has 0 aliphatic carbocycles. The molecule has 0 aromatic rings. The van der Waals surface area contributed by atoms with E-state index < -0.39 is 66.6 Å². The molecule has 3 fully saturated rings. The van der Waals surface area contributed by atoms with E-state index in [4.69, 9.17) is 42.6 Å². The van der Waals surface area contributed by atoms with Crippen molar-refractivity contribution < 1.29 is 52.2 Å². The average Bonchev–Trinajstić information content (AvgIpc) is 3.19. The van der Waals surface area contributed by atoms with Crippen molar-refractivity contribution in [2.75, 3.05) is 13.2 Å². The fourth-order valence-electron chi connectivity index (χ4n) is 4.37. The van der Waals surface area contributed by atoms with E-state index in [-0.39, 0.29) is 19.3 Å². The minimum absolute atomic E-state index is 0.0860. The van der Waals surface area contributed by atoms with Gasteiger partial charge in [-0.15, -0.1) is 0 Å². The molecule has 0 bridgehead atoms. The normalized spacial score (nSPS) is 40.7. The zero-order valence-corrected chi connectivity index (χ0v) is 19.7. The Hall–Kier alpha value is -1.60. The Morgan fingerprint density at radius 1 is 0.788 bits per heavy atom. The lowest BCUT2D eigenvalue weighted by molar-refractivity contribution is -0.259. The number of carbonyl (C=O) groups is 2. The fourth-order valence-corrected chi connectivity index (χ4v) is 4.37. The van der Waals surface area contributed by atoms with Gasteiger partial charge in [-0.2, -0.15) is 0 Å². The Bertz CT molecular complexity index is 778. The van der Waals surface area contributed by atoms with Gasteiger partial charge in [-0.25, -0.2) is 0 Å². The van der Waals surface area contributed by atoms with E-state index in [1.165, 1.54) is 13.8 Å². The van der Waals surface area contributed by atoms with Gasteiger partial charge in [0.25, 0.3) is 0 Å². The highest BCUT2D eigenvalue weighted by molar-refractivity contribution is 5.66. The van der Waals surface area contributed by atoms with Crippen LogP contribution < -0.4 is 0 Å². The molecule has 4 heterocycles. The molecular weight excluding hydrogens is 440 g/mol. The van der Waals surface area contributed by atoms with Gasteiger partial charge in [0, 0.05) is 13.8 Å². The Kier molecular flexibility index (Phi) is 6.85. The van der Waals surface area contributed by atoms with Crippen LogP contribution in [0.1, 0.15) is 41.5 Å². The highest BCUT2D eigenvalue weighted by atomic mass is 16.9. The number of rotatable bonds is 6. The Morgan fingerprint density at radius 2 is 1.45 bits per heavy atom. The zero-order valence-electron chi connectivity index (χ0n) is 19.7. The maximum Gasteiger partial charge on any atom is 0.303 e. The Morgan fingerprint density at radius 3 is 2.15 bits per heavy atom. The van der Waals surface area contributed by atoms with Crippen molar-refractivity contribution in [2.24, 2.45) is 0 Å². The molecule has 4 aliphatic heterocycles. The second kappa shape index (κ2) is 9.21. The van der Waals surface area contributed by atoms with E-state index >= 15 is 0 Å². The first-order valence-corrected chi connectivity index (χ1v) is 11.1. The molecule has 11 heteroatoms. The van der Waals surface area contributed by atoms with E-state index in [1.54, 1.807) is 12.2 Å². The maximum atomic E-state index is 11.4. The van der Waals surface area contributed by atoms with Crippen LogP contribution in [-0.4, -0.2) is 85.9 Å². The summed E-state index contributed by atoms with van der Waals surface area (Å²) < 4.78 is 52.3. The van der Waals surface area contributed by atoms with Crippen molar-refractivity contribution in [1.82, 2.24) is 0 Å². The standard InChI is InChI=1S/C22H32O11/c1-11(23)25-9-14-13(27-12(2)24)7-8-16(28-14)26-10-15-17-18(31-21(3,4)30-17)19-20(29-15)33-22(5,6)32-19/h7-8,13-20H,9-10H2,1-6H3/t13-,14+,15+,16-,17-,18+,19+,20+/m0/s1. The summed E-state index contributed by atoms with van der Waals surface area (Å²) in [6.07, 6.45) is -1.28. The Labute approximate surface area is 192 Å². The van der Waals surface area contributed by atoms with Crippen molar-refractivity contribution >= 4 is 11.9 Å². The molecule has 33 heavy (non-hydrogen) atoms. The number of carbonyl (C=O) groups excluding carboxylic acids is 2. The largest absolute Gasteiger partial charge is 0.463 e. The summed E-state index contributed by atoms with van der Waals surface area (Å²) in [4.78, 5) is 22.6. The summed E-state index contributed by atoms with van der Waals surface area (Å²) >= 11 is 0. The van der Waals surface area contributed by atoms with Crippen LogP contribution in [-0.2, 0) is 52.2 Å². The van der Waals surface area contributed by atoms with Gasteiger partial charge >= 0.3 is 11.9 Å². The lowest BCUT2D eigenvalue weighted by Crippen LogP contribution is -2.56. The van der Waals surface area contributed by atoms with Gasteiger partial charge in [-0.3, -0.25) is 9.59 Å². The number of ether oxygens (including phenoxy) is 9. The summed E-state index contributed by atoms with van der Waals surface area (Å²) in [6.45, 7) is 9.92. The lowest BCUT2D eigenvalue weighted by atomic mass is 9.99. The zero-order chi connectivity index (χ0) is 24.0. The highest BCUT2D eigenvalue weighted by Crippen LogP contribution is 2.44. The van der Waals surface area contributed by atoms with Crippen LogP contribution in [0, 0.1) is 0 Å². The molecule has 0 radical (unpaired) electrons. The van der Waals surface area contributed by atoms with E-state index in [9.17, 15) is 9.59 Å². The molecule has 0 aromatic heterocycles. The van der Waals surface area contributed by atoms with Gasteiger partial charge in [-0.05, 0) is 39.8 Å². The number of esters is 2. The summed E-state index contributed by atoms with van der Waals surface area (Å²) in [5.74, 6) is -2.56. The molecule has 0 spiro atoms. The van der Waals surface area contributed by atoms with Crippen LogP contribution in [0.4, 0.5) is 0 Å². The first-order valence-electron chi connectivity index (χ1n) is 11.1. The third-order valence-electron chi connectivity index (χ3n) is 5.56. The molecule has 11 nitrogen and oxygen atoms in total. The van der Waals surface area contributed by atoms with Gasteiger partial charge < -0.3 is 42.6 Å². The van der Waals surface area contributed by atoms with Gasteiger partial charge in [0.2, 0.25) is 0 Å². The number of hydrogen-bond donors (Lipinski definition) is 0. The minimum Gasteiger partial charge on any atom is -0.463 e. The van der Waals surface area contributed by atoms with Crippen LogP contribution in [0.5, 0.6) is 0 Å². The molecule has 0 aromatic carbocycles. The Balaban J connectivity index is 1.41. The third-order valence-corrected chi connectivity index (χ3v) is 5.56. The number of hydrogen-bond acceptors (Lipinski definition) is 11. The molecule has 4 aliphatic rings. The topological polar surface area (TPSA) is 117 Å². The molecule has 186 valence electrons. The van der Waals surface area contributed by atoms with E-state index in [2.05, 4.69) is 0 Å².